The van der Waals surface area contributed by atoms with Crippen molar-refractivity contribution < 1.29 is 18.0 Å². The monoisotopic (exact) mass is 363 g/mol. The Bertz CT molecular complexity index is 645. The van der Waals surface area contributed by atoms with E-state index in [1.54, 1.807) is 6.07 Å². The molecule has 1 aromatic carbocycles. The van der Waals surface area contributed by atoms with Crippen LogP contribution in [0.4, 0.5) is 10.5 Å². The van der Waals surface area contributed by atoms with Crippen molar-refractivity contribution >= 4 is 43.4 Å². The molecule has 0 spiro atoms. The first kappa shape index (κ1) is 16.4. The summed E-state index contributed by atoms with van der Waals surface area (Å²) < 4.78 is 25.2. The minimum atomic E-state index is -3.99. The third-order valence-corrected chi connectivity index (χ3v) is 5.19. The number of carbonyl (C=O) groups is 2. The predicted octanol–water partition coefficient (Wildman–Crippen LogP) is 0.649. The van der Waals surface area contributed by atoms with Crippen molar-refractivity contribution in [2.75, 3.05) is 12.8 Å². The van der Waals surface area contributed by atoms with E-state index < -0.39 is 27.0 Å². The van der Waals surface area contributed by atoms with Crippen molar-refractivity contribution in [1.82, 2.24) is 10.6 Å². The number of nitrogens with one attached hydrogen (secondary N) is 2. The van der Waals surface area contributed by atoms with Gasteiger partial charge in [0.25, 0.3) is 0 Å². The number of hydrogen-bond acceptors (Lipinski definition) is 5. The normalized spacial score (nSPS) is 12.6. The zero-order valence-corrected chi connectivity index (χ0v) is 13.2. The molecule has 110 valence electrons. The number of urea groups is 1. The van der Waals surface area contributed by atoms with Gasteiger partial charge >= 0.3 is 6.03 Å². The van der Waals surface area contributed by atoms with Crippen LogP contribution in [0.25, 0.3) is 0 Å². The third kappa shape index (κ3) is 3.48. The minimum absolute atomic E-state index is 0.0350. The van der Waals surface area contributed by atoms with Gasteiger partial charge in [-0.1, -0.05) is 15.9 Å². The van der Waals surface area contributed by atoms with Gasteiger partial charge in [-0.2, -0.15) is 0 Å². The molecular formula is C11H14BrN3O4S. The van der Waals surface area contributed by atoms with E-state index in [2.05, 4.69) is 21.2 Å². The van der Waals surface area contributed by atoms with Gasteiger partial charge in [0, 0.05) is 11.5 Å². The van der Waals surface area contributed by atoms with Gasteiger partial charge in [0.2, 0.25) is 5.91 Å². The number of benzene rings is 1. The van der Waals surface area contributed by atoms with Gasteiger partial charge in [-0.25, -0.2) is 13.2 Å². The lowest BCUT2D eigenvalue weighted by atomic mass is 10.3. The number of nitrogen functional groups attached to an aromatic ring is 1. The summed E-state index contributed by atoms with van der Waals surface area (Å²) in [5.41, 5.74) is 5.66. The standard InChI is InChI=1S/C11H14BrN3O4S/c1-6(10(16)15-11(17)14-2)20(18,19)9-5-7(12)3-4-8(9)13/h3-6H,13H2,1-2H3,(H2,14,15,16,17). The average Bonchev–Trinajstić information content (AvgIpc) is 2.40. The molecule has 0 aliphatic carbocycles. The number of nitrogens with two attached hydrogens (primary N) is 1. The van der Waals surface area contributed by atoms with Crippen molar-refractivity contribution in [1.29, 1.82) is 0 Å². The molecule has 1 aromatic rings. The second-order valence-corrected chi connectivity index (χ2v) is 7.09. The first-order valence-corrected chi connectivity index (χ1v) is 7.85. The largest absolute Gasteiger partial charge is 0.398 e. The van der Waals surface area contributed by atoms with Crippen LogP contribution in [-0.4, -0.2) is 32.7 Å². The number of sulfone groups is 1. The van der Waals surface area contributed by atoms with Crippen molar-refractivity contribution in [3.63, 3.8) is 0 Å². The highest BCUT2D eigenvalue weighted by atomic mass is 79.9. The lowest BCUT2D eigenvalue weighted by Gasteiger charge is -2.14. The molecular weight excluding hydrogens is 350 g/mol. The van der Waals surface area contributed by atoms with Crippen LogP contribution < -0.4 is 16.4 Å². The second-order valence-electron chi connectivity index (χ2n) is 3.94. The molecule has 0 fully saturated rings. The maximum atomic E-state index is 12.3. The van der Waals surface area contributed by atoms with Crippen LogP contribution >= 0.6 is 15.9 Å². The fraction of sp³-hybridized carbons (Fsp3) is 0.273. The molecule has 0 saturated carbocycles. The molecule has 3 amide bonds. The molecule has 9 heteroatoms. The van der Waals surface area contributed by atoms with Gasteiger partial charge in [0.1, 0.15) is 5.25 Å². The molecule has 0 aliphatic rings. The summed E-state index contributed by atoms with van der Waals surface area (Å²) in [7, 11) is -2.68. The molecule has 20 heavy (non-hydrogen) atoms. The van der Waals surface area contributed by atoms with Crippen molar-refractivity contribution in [3.8, 4) is 0 Å². The van der Waals surface area contributed by atoms with Crippen LogP contribution in [-0.2, 0) is 14.6 Å². The smallest absolute Gasteiger partial charge is 0.321 e. The number of anilines is 1. The number of carbonyl (C=O) groups excluding carboxylic acids is 2. The molecule has 0 aliphatic heterocycles. The summed E-state index contributed by atoms with van der Waals surface area (Å²) in [4.78, 5) is 22.6. The van der Waals surface area contributed by atoms with Crippen molar-refractivity contribution in [2.24, 2.45) is 0 Å². The van der Waals surface area contributed by atoms with Gasteiger partial charge in [-0.05, 0) is 25.1 Å². The molecule has 1 unspecified atom stereocenters. The van der Waals surface area contributed by atoms with E-state index in [9.17, 15) is 18.0 Å². The molecule has 0 saturated heterocycles. The van der Waals surface area contributed by atoms with Crippen LogP contribution in [0.5, 0.6) is 0 Å². The van der Waals surface area contributed by atoms with Gasteiger partial charge < -0.3 is 11.1 Å². The fourth-order valence-corrected chi connectivity index (χ4v) is 3.28. The maximum absolute atomic E-state index is 12.3. The summed E-state index contributed by atoms with van der Waals surface area (Å²) in [6.07, 6.45) is 0. The highest BCUT2D eigenvalue weighted by molar-refractivity contribution is 9.10. The number of hydrogen-bond donors (Lipinski definition) is 3. The van der Waals surface area contributed by atoms with E-state index in [1.807, 2.05) is 5.32 Å². The SMILES string of the molecule is CNC(=O)NC(=O)C(C)S(=O)(=O)c1cc(Br)ccc1N. The Hall–Kier alpha value is -1.61. The highest BCUT2D eigenvalue weighted by Crippen LogP contribution is 2.26. The molecule has 0 radical (unpaired) electrons. The van der Waals surface area contributed by atoms with Crippen LogP contribution in [0.1, 0.15) is 6.92 Å². The van der Waals surface area contributed by atoms with E-state index in [1.165, 1.54) is 26.1 Å². The Morgan fingerprint density at radius 1 is 1.35 bits per heavy atom. The first-order valence-electron chi connectivity index (χ1n) is 5.51. The Morgan fingerprint density at radius 3 is 2.50 bits per heavy atom. The molecule has 7 nitrogen and oxygen atoms in total. The maximum Gasteiger partial charge on any atom is 0.321 e. The Kier molecular flexibility index (Phi) is 5.12. The quantitative estimate of drug-likeness (QED) is 0.681. The summed E-state index contributed by atoms with van der Waals surface area (Å²) in [5.74, 6) is -0.927. The van der Waals surface area contributed by atoms with E-state index in [0.717, 1.165) is 0 Å². The van der Waals surface area contributed by atoms with Crippen LogP contribution in [0.2, 0.25) is 0 Å². The molecule has 4 N–H and O–H groups in total. The number of halogens is 1. The molecule has 1 rings (SSSR count). The van der Waals surface area contributed by atoms with Crippen molar-refractivity contribution in [2.45, 2.75) is 17.1 Å². The topological polar surface area (TPSA) is 118 Å². The second kappa shape index (κ2) is 6.23. The lowest BCUT2D eigenvalue weighted by Crippen LogP contribution is -2.44. The van der Waals surface area contributed by atoms with Gasteiger partial charge in [-0.15, -0.1) is 0 Å². The van der Waals surface area contributed by atoms with E-state index >= 15 is 0 Å². The zero-order chi connectivity index (χ0) is 15.5. The molecule has 0 aromatic heterocycles. The van der Waals surface area contributed by atoms with Crippen LogP contribution in [0.3, 0.4) is 0 Å². The molecule has 0 bridgehead atoms. The highest BCUT2D eigenvalue weighted by Gasteiger charge is 2.32. The van der Waals surface area contributed by atoms with E-state index in [4.69, 9.17) is 5.73 Å². The van der Waals surface area contributed by atoms with Crippen LogP contribution in [0, 0.1) is 0 Å². The fourth-order valence-electron chi connectivity index (χ4n) is 1.36. The Labute approximate surface area is 125 Å². The first-order chi connectivity index (χ1) is 9.20. The number of amides is 3. The number of imide groups is 1. The van der Waals surface area contributed by atoms with Gasteiger partial charge in [0.05, 0.1) is 10.6 Å². The lowest BCUT2D eigenvalue weighted by molar-refractivity contribution is -0.119. The van der Waals surface area contributed by atoms with Crippen LogP contribution in [0.15, 0.2) is 27.6 Å². The number of rotatable bonds is 3. The molecule has 1 atom stereocenters. The summed E-state index contributed by atoms with van der Waals surface area (Å²) in [6.45, 7) is 1.19. The predicted molar refractivity (Wildman–Crippen MR) is 77.8 cm³/mol. The average molecular weight is 364 g/mol. The Morgan fingerprint density at radius 2 is 1.95 bits per heavy atom. The summed E-state index contributed by atoms with van der Waals surface area (Å²) in [6, 6.07) is 3.54. The van der Waals surface area contributed by atoms with Crippen molar-refractivity contribution in [3.05, 3.63) is 22.7 Å². The van der Waals surface area contributed by atoms with Gasteiger partial charge in [-0.3, -0.25) is 10.1 Å². The van der Waals surface area contributed by atoms with E-state index in [0.29, 0.717) is 4.47 Å². The summed E-state index contributed by atoms with van der Waals surface area (Å²) in [5, 5.41) is 2.64. The summed E-state index contributed by atoms with van der Waals surface area (Å²) >= 11 is 3.14. The van der Waals surface area contributed by atoms with Gasteiger partial charge in [0.15, 0.2) is 9.84 Å². The third-order valence-electron chi connectivity index (χ3n) is 2.58. The Balaban J connectivity index is 3.13. The molecule has 0 heterocycles. The minimum Gasteiger partial charge on any atom is -0.398 e. The zero-order valence-electron chi connectivity index (χ0n) is 10.8. The van der Waals surface area contributed by atoms with E-state index in [-0.39, 0.29) is 10.6 Å².